The molecule has 1 heterocycles. The Morgan fingerprint density at radius 2 is 1.83 bits per heavy atom. The molecule has 0 bridgehead atoms. The lowest BCUT2D eigenvalue weighted by molar-refractivity contribution is 0.477. The van der Waals surface area contributed by atoms with Gasteiger partial charge in [-0.3, -0.25) is 0 Å². The van der Waals surface area contributed by atoms with E-state index in [9.17, 15) is 5.11 Å². The average molecular weight is 310 g/mol. The van der Waals surface area contributed by atoms with Gasteiger partial charge in [-0.2, -0.15) is 8.75 Å². The highest BCUT2D eigenvalue weighted by Crippen LogP contribution is 2.35. The van der Waals surface area contributed by atoms with E-state index < -0.39 is 0 Å². The molecule has 0 saturated heterocycles. The summed E-state index contributed by atoms with van der Waals surface area (Å²) in [4.78, 5) is 0. The minimum atomic E-state index is 0.141. The quantitative estimate of drug-likeness (QED) is 0.814. The van der Waals surface area contributed by atoms with Gasteiger partial charge in [0.05, 0.1) is 16.2 Å². The molecule has 0 saturated carbocycles. The van der Waals surface area contributed by atoms with Gasteiger partial charge in [0.25, 0.3) is 0 Å². The highest BCUT2D eigenvalue weighted by Gasteiger charge is 2.11. The van der Waals surface area contributed by atoms with Gasteiger partial charge in [-0.05, 0) is 37.9 Å². The molecule has 0 spiro atoms. The maximum Gasteiger partial charge on any atom is 0.158 e. The zero-order valence-electron chi connectivity index (χ0n) is 5.58. The van der Waals surface area contributed by atoms with Crippen LogP contribution < -0.4 is 0 Å². The van der Waals surface area contributed by atoms with Crippen molar-refractivity contribution >= 4 is 54.6 Å². The Hall–Kier alpha value is -0.200. The van der Waals surface area contributed by atoms with Gasteiger partial charge in [-0.15, -0.1) is 0 Å². The minimum absolute atomic E-state index is 0.141. The van der Waals surface area contributed by atoms with Crippen LogP contribution in [0.3, 0.4) is 0 Å². The maximum absolute atomic E-state index is 9.51. The first-order valence-electron chi connectivity index (χ1n) is 2.99. The summed E-state index contributed by atoms with van der Waals surface area (Å²) < 4.78 is 9.43. The first-order chi connectivity index (χ1) is 5.70. The second-order valence-electron chi connectivity index (χ2n) is 2.15. The molecule has 1 aromatic carbocycles. The molecule has 2 rings (SSSR count). The molecule has 2 aromatic rings. The van der Waals surface area contributed by atoms with Crippen molar-refractivity contribution in [3.63, 3.8) is 0 Å². The second-order valence-corrected chi connectivity index (χ2v) is 4.39. The molecule has 0 aliphatic rings. The molecule has 62 valence electrons. The van der Waals surface area contributed by atoms with Crippen LogP contribution in [0.5, 0.6) is 5.75 Å². The fourth-order valence-electron chi connectivity index (χ4n) is 0.862. The van der Waals surface area contributed by atoms with Crippen LogP contribution in [-0.4, -0.2) is 13.9 Å². The lowest BCUT2D eigenvalue weighted by Gasteiger charge is -1.97. The van der Waals surface area contributed by atoms with Crippen molar-refractivity contribution in [2.24, 2.45) is 0 Å². The highest BCUT2D eigenvalue weighted by molar-refractivity contribution is 9.11. The number of aromatic hydroxyl groups is 1. The number of phenolic OH excluding ortho intramolecular Hbond substituents is 1. The Morgan fingerprint density at radius 1 is 1.17 bits per heavy atom. The fourth-order valence-corrected chi connectivity index (χ4v) is 2.77. The van der Waals surface area contributed by atoms with Crippen molar-refractivity contribution in [1.82, 2.24) is 8.75 Å². The number of halogens is 2. The summed E-state index contributed by atoms with van der Waals surface area (Å²) in [7, 11) is 0. The van der Waals surface area contributed by atoms with Crippen LogP contribution in [0.2, 0.25) is 0 Å². The number of hydrogen-bond acceptors (Lipinski definition) is 4. The molecule has 0 aliphatic carbocycles. The first-order valence-corrected chi connectivity index (χ1v) is 5.31. The van der Waals surface area contributed by atoms with E-state index in [1.165, 1.54) is 0 Å². The van der Waals surface area contributed by atoms with E-state index in [0.717, 1.165) is 16.2 Å². The number of rotatable bonds is 0. The molecule has 0 amide bonds. The van der Waals surface area contributed by atoms with Gasteiger partial charge in [0, 0.05) is 4.47 Å². The van der Waals surface area contributed by atoms with Gasteiger partial charge in [0.2, 0.25) is 0 Å². The first kappa shape index (κ1) is 8.40. The van der Waals surface area contributed by atoms with E-state index in [0.29, 0.717) is 15.5 Å². The van der Waals surface area contributed by atoms with Crippen LogP contribution >= 0.6 is 43.6 Å². The highest BCUT2D eigenvalue weighted by atomic mass is 79.9. The van der Waals surface area contributed by atoms with Crippen LogP contribution in [0.1, 0.15) is 0 Å². The third-order valence-electron chi connectivity index (χ3n) is 1.42. The molecule has 0 atom stereocenters. The third-order valence-corrected chi connectivity index (χ3v) is 3.16. The maximum atomic E-state index is 9.51. The topological polar surface area (TPSA) is 46.0 Å². The summed E-state index contributed by atoms with van der Waals surface area (Å²) in [6.07, 6.45) is 0. The molecule has 6 heteroatoms. The van der Waals surface area contributed by atoms with Crippen molar-refractivity contribution in [3.8, 4) is 5.75 Å². The number of fused-ring (bicyclic) bond motifs is 1. The second kappa shape index (κ2) is 2.93. The number of benzene rings is 1. The predicted molar refractivity (Wildman–Crippen MR) is 54.5 cm³/mol. The largest absolute Gasteiger partial charge is 0.504 e. The van der Waals surface area contributed by atoms with Crippen molar-refractivity contribution in [2.45, 2.75) is 0 Å². The summed E-state index contributed by atoms with van der Waals surface area (Å²) in [6.45, 7) is 0. The summed E-state index contributed by atoms with van der Waals surface area (Å²) in [5.74, 6) is 0.141. The number of aromatic nitrogens is 2. The van der Waals surface area contributed by atoms with Crippen molar-refractivity contribution in [2.75, 3.05) is 0 Å². The molecular formula is C6H2Br2N2OS. The Balaban J connectivity index is 2.97. The Labute approximate surface area is 89.0 Å². The smallest absolute Gasteiger partial charge is 0.158 e. The van der Waals surface area contributed by atoms with E-state index in [4.69, 9.17) is 0 Å². The van der Waals surface area contributed by atoms with Gasteiger partial charge in [-0.1, -0.05) is 0 Å². The minimum Gasteiger partial charge on any atom is -0.504 e. The molecular weight excluding hydrogens is 308 g/mol. The van der Waals surface area contributed by atoms with E-state index in [2.05, 4.69) is 40.6 Å². The summed E-state index contributed by atoms with van der Waals surface area (Å²) in [6, 6.07) is 1.75. The zero-order valence-corrected chi connectivity index (χ0v) is 9.57. The summed E-state index contributed by atoms with van der Waals surface area (Å²) in [5.41, 5.74) is 1.22. The predicted octanol–water partition coefficient (Wildman–Crippen LogP) is 2.92. The SMILES string of the molecule is Oc1c(Br)cc(Br)c2nsnc12. The van der Waals surface area contributed by atoms with Gasteiger partial charge in [0.15, 0.2) is 5.75 Å². The Kier molecular flexibility index (Phi) is 2.05. The van der Waals surface area contributed by atoms with Gasteiger partial charge in [-0.25, -0.2) is 0 Å². The van der Waals surface area contributed by atoms with E-state index in [1.54, 1.807) is 6.07 Å². The fraction of sp³-hybridized carbons (Fsp3) is 0. The van der Waals surface area contributed by atoms with E-state index in [-0.39, 0.29) is 5.75 Å². The summed E-state index contributed by atoms with van der Waals surface area (Å²) in [5, 5.41) is 9.51. The average Bonchev–Trinajstić information content (AvgIpc) is 2.48. The monoisotopic (exact) mass is 308 g/mol. The molecule has 0 fully saturated rings. The van der Waals surface area contributed by atoms with Crippen molar-refractivity contribution < 1.29 is 5.11 Å². The van der Waals surface area contributed by atoms with Gasteiger partial charge in [0.1, 0.15) is 11.0 Å². The standard InChI is InChI=1S/C6H2Br2N2OS/c7-2-1-3(8)6(11)5-4(2)9-12-10-5/h1,11H. The van der Waals surface area contributed by atoms with Crippen LogP contribution in [0.25, 0.3) is 11.0 Å². The molecule has 1 N–H and O–H groups in total. The molecule has 3 nitrogen and oxygen atoms in total. The number of hydrogen-bond donors (Lipinski definition) is 1. The van der Waals surface area contributed by atoms with Crippen LogP contribution in [-0.2, 0) is 0 Å². The van der Waals surface area contributed by atoms with Crippen LogP contribution in [0.15, 0.2) is 15.0 Å². The Morgan fingerprint density at radius 3 is 2.58 bits per heavy atom. The lowest BCUT2D eigenvalue weighted by Crippen LogP contribution is -1.76. The zero-order chi connectivity index (χ0) is 8.72. The molecule has 0 unspecified atom stereocenters. The number of nitrogens with zero attached hydrogens (tertiary/aromatic N) is 2. The van der Waals surface area contributed by atoms with Crippen LogP contribution in [0, 0.1) is 0 Å². The molecule has 0 aliphatic heterocycles. The van der Waals surface area contributed by atoms with Crippen molar-refractivity contribution in [1.29, 1.82) is 0 Å². The molecule has 1 aromatic heterocycles. The van der Waals surface area contributed by atoms with Crippen molar-refractivity contribution in [3.05, 3.63) is 15.0 Å². The van der Waals surface area contributed by atoms with Gasteiger partial charge < -0.3 is 5.11 Å². The molecule has 0 radical (unpaired) electrons. The van der Waals surface area contributed by atoms with E-state index in [1.807, 2.05) is 0 Å². The van der Waals surface area contributed by atoms with E-state index >= 15 is 0 Å². The van der Waals surface area contributed by atoms with Crippen LogP contribution in [0.4, 0.5) is 0 Å². The van der Waals surface area contributed by atoms with Gasteiger partial charge >= 0.3 is 0 Å². The summed E-state index contributed by atoms with van der Waals surface area (Å²) >= 11 is 7.61. The lowest BCUT2D eigenvalue weighted by atomic mass is 10.3. The number of phenols is 1. The third kappa shape index (κ3) is 1.14. The molecule has 12 heavy (non-hydrogen) atoms. The normalized spacial score (nSPS) is 10.8. The Bertz CT molecular complexity index is 442.